The molecule has 3 atom stereocenters. The Morgan fingerprint density at radius 3 is 2.07 bits per heavy atom. The lowest BCUT2D eigenvalue weighted by atomic mass is 10.1. The molecular formula is C21H27NO6. The number of alkyl carbamates (subject to hydrolysis) is 1. The van der Waals surface area contributed by atoms with Gasteiger partial charge in [0.15, 0.2) is 0 Å². The second kappa shape index (κ2) is 9.39. The van der Waals surface area contributed by atoms with Crippen LogP contribution in [0.2, 0.25) is 0 Å². The molecule has 0 aliphatic heterocycles. The van der Waals surface area contributed by atoms with Gasteiger partial charge in [0.25, 0.3) is 0 Å². The number of hydrogen-bond acceptors (Lipinski definition) is 6. The summed E-state index contributed by atoms with van der Waals surface area (Å²) in [5.74, 6) is -0.886. The minimum atomic E-state index is -0.637. The average molecular weight is 389 g/mol. The molecule has 0 saturated carbocycles. The van der Waals surface area contributed by atoms with Crippen molar-refractivity contribution >= 4 is 18.0 Å². The Morgan fingerprint density at radius 1 is 0.964 bits per heavy atom. The van der Waals surface area contributed by atoms with Gasteiger partial charge in [-0.2, -0.15) is 0 Å². The number of rotatable bonds is 4. The van der Waals surface area contributed by atoms with Gasteiger partial charge in [0.1, 0.15) is 17.8 Å². The highest BCUT2D eigenvalue weighted by Crippen LogP contribution is 2.20. The van der Waals surface area contributed by atoms with Crippen molar-refractivity contribution in [1.82, 2.24) is 5.32 Å². The van der Waals surface area contributed by atoms with Crippen molar-refractivity contribution in [2.45, 2.75) is 64.4 Å². The van der Waals surface area contributed by atoms with Gasteiger partial charge in [0, 0.05) is 25.8 Å². The van der Waals surface area contributed by atoms with Gasteiger partial charge in [-0.25, -0.2) is 9.59 Å². The smallest absolute Gasteiger partial charge is 0.407 e. The molecule has 0 heterocycles. The number of amides is 1. The molecule has 0 bridgehead atoms. The number of ether oxygens (including phenoxy) is 3. The fourth-order valence-corrected chi connectivity index (χ4v) is 2.82. The minimum absolute atomic E-state index is 0.339. The third-order valence-electron chi connectivity index (χ3n) is 3.88. The Kier molecular flexibility index (Phi) is 7.20. The lowest BCUT2D eigenvalue weighted by molar-refractivity contribution is -0.144. The summed E-state index contributed by atoms with van der Waals surface area (Å²) >= 11 is 0. The number of benzene rings is 1. The van der Waals surface area contributed by atoms with Gasteiger partial charge >= 0.3 is 18.0 Å². The van der Waals surface area contributed by atoms with E-state index >= 15 is 0 Å². The Morgan fingerprint density at radius 2 is 1.54 bits per heavy atom. The van der Waals surface area contributed by atoms with Gasteiger partial charge < -0.3 is 19.5 Å². The van der Waals surface area contributed by atoms with Crippen molar-refractivity contribution in [3.63, 3.8) is 0 Å². The van der Waals surface area contributed by atoms with Gasteiger partial charge in [-0.3, -0.25) is 4.79 Å². The molecule has 1 aromatic rings. The van der Waals surface area contributed by atoms with E-state index < -0.39 is 41.9 Å². The normalized spacial score (nSPS) is 21.9. The highest BCUT2D eigenvalue weighted by atomic mass is 16.6. The lowest BCUT2D eigenvalue weighted by Crippen LogP contribution is -2.42. The van der Waals surface area contributed by atoms with Crippen LogP contribution in [0.4, 0.5) is 4.79 Å². The largest absolute Gasteiger partial charge is 0.458 e. The Bertz CT molecular complexity index is 722. The van der Waals surface area contributed by atoms with E-state index in [-0.39, 0.29) is 0 Å². The van der Waals surface area contributed by atoms with Crippen LogP contribution in [-0.2, 0) is 19.0 Å². The monoisotopic (exact) mass is 389 g/mol. The molecule has 0 unspecified atom stereocenters. The topological polar surface area (TPSA) is 90.9 Å². The first kappa shape index (κ1) is 21.5. The molecule has 1 aliphatic carbocycles. The van der Waals surface area contributed by atoms with Crippen LogP contribution in [0, 0.1) is 0 Å². The van der Waals surface area contributed by atoms with Crippen molar-refractivity contribution in [2.75, 3.05) is 0 Å². The first-order valence-electron chi connectivity index (χ1n) is 9.23. The molecule has 1 aromatic carbocycles. The molecule has 0 saturated heterocycles. The zero-order valence-corrected chi connectivity index (χ0v) is 16.6. The zero-order valence-electron chi connectivity index (χ0n) is 16.6. The summed E-state index contributed by atoms with van der Waals surface area (Å²) in [6.45, 7) is 6.63. The van der Waals surface area contributed by atoms with E-state index in [0.29, 0.717) is 18.4 Å². The van der Waals surface area contributed by atoms with Crippen molar-refractivity contribution in [3.8, 4) is 0 Å². The van der Waals surface area contributed by atoms with Crippen molar-refractivity contribution in [1.29, 1.82) is 0 Å². The lowest BCUT2D eigenvalue weighted by Gasteiger charge is -2.25. The third-order valence-corrected chi connectivity index (χ3v) is 3.88. The molecule has 152 valence electrons. The van der Waals surface area contributed by atoms with Crippen molar-refractivity contribution in [3.05, 3.63) is 48.0 Å². The molecule has 0 fully saturated rings. The van der Waals surface area contributed by atoms with Crippen LogP contribution in [0.25, 0.3) is 0 Å². The maximum atomic E-state index is 12.3. The van der Waals surface area contributed by atoms with Gasteiger partial charge in [-0.15, -0.1) is 0 Å². The molecule has 1 aliphatic rings. The summed E-state index contributed by atoms with van der Waals surface area (Å²) in [6.07, 6.45) is 2.38. The van der Waals surface area contributed by atoms with Gasteiger partial charge in [0.2, 0.25) is 0 Å². The maximum Gasteiger partial charge on any atom is 0.407 e. The predicted octanol–water partition coefficient (Wildman–Crippen LogP) is 3.39. The molecule has 0 spiro atoms. The highest BCUT2D eigenvalue weighted by molar-refractivity contribution is 5.89. The van der Waals surface area contributed by atoms with E-state index in [1.54, 1.807) is 57.2 Å². The third kappa shape index (κ3) is 7.42. The van der Waals surface area contributed by atoms with Crippen LogP contribution < -0.4 is 5.32 Å². The number of hydrogen-bond donors (Lipinski definition) is 1. The van der Waals surface area contributed by atoms with Crippen molar-refractivity contribution in [2.24, 2.45) is 0 Å². The Hall–Kier alpha value is -2.83. The Labute approximate surface area is 165 Å². The second-order valence-corrected chi connectivity index (χ2v) is 7.66. The first-order valence-corrected chi connectivity index (χ1v) is 9.23. The summed E-state index contributed by atoms with van der Waals surface area (Å²) < 4.78 is 16.1. The first-order chi connectivity index (χ1) is 13.1. The van der Waals surface area contributed by atoms with Gasteiger partial charge in [-0.1, -0.05) is 18.2 Å². The van der Waals surface area contributed by atoms with Crippen LogP contribution in [0.15, 0.2) is 42.5 Å². The molecule has 7 nitrogen and oxygen atoms in total. The molecule has 7 heteroatoms. The zero-order chi connectivity index (χ0) is 20.7. The molecule has 0 aromatic heterocycles. The fourth-order valence-electron chi connectivity index (χ4n) is 2.82. The molecule has 2 rings (SSSR count). The number of carbonyl (C=O) groups is 3. The second-order valence-electron chi connectivity index (χ2n) is 7.66. The van der Waals surface area contributed by atoms with E-state index in [0.717, 1.165) is 0 Å². The van der Waals surface area contributed by atoms with E-state index in [4.69, 9.17) is 14.2 Å². The number of carbonyl (C=O) groups excluding carboxylic acids is 3. The summed E-state index contributed by atoms with van der Waals surface area (Å²) in [7, 11) is 0. The fraction of sp³-hybridized carbons (Fsp3) is 0.476. The van der Waals surface area contributed by atoms with E-state index in [9.17, 15) is 14.4 Å². The quantitative estimate of drug-likeness (QED) is 0.482. The Balaban J connectivity index is 2.08. The van der Waals surface area contributed by atoms with Crippen LogP contribution in [0.5, 0.6) is 0 Å². The maximum absolute atomic E-state index is 12.3. The molecule has 0 radical (unpaired) electrons. The van der Waals surface area contributed by atoms with Crippen LogP contribution in [0.3, 0.4) is 0 Å². The van der Waals surface area contributed by atoms with Gasteiger partial charge in [-0.05, 0) is 45.1 Å². The summed E-state index contributed by atoms with van der Waals surface area (Å²) in [6, 6.07) is 8.25. The van der Waals surface area contributed by atoms with E-state index in [2.05, 4.69) is 5.32 Å². The molecule has 1 N–H and O–H groups in total. The summed E-state index contributed by atoms with van der Waals surface area (Å²) in [5, 5.41) is 2.78. The predicted molar refractivity (Wildman–Crippen MR) is 103 cm³/mol. The van der Waals surface area contributed by atoms with Crippen molar-refractivity contribution < 1.29 is 28.6 Å². The molecule has 28 heavy (non-hydrogen) atoms. The molecule has 1 amide bonds. The summed E-state index contributed by atoms with van der Waals surface area (Å²) in [4.78, 5) is 35.8. The standard InChI is InChI=1S/C21H27NO6/c1-14(23)26-17-10-11-18(27-19(24)15-8-6-5-7-9-15)13-16(12-17)22-20(25)28-21(2,3)4/h5-11,16-18H,12-13H2,1-4H3,(H,22,25)/t16-,17-,18+/m1/s1. The summed E-state index contributed by atoms with van der Waals surface area (Å²) in [5.41, 5.74) is -0.199. The highest BCUT2D eigenvalue weighted by Gasteiger charge is 2.28. The van der Waals surface area contributed by atoms with Gasteiger partial charge in [0.05, 0.1) is 5.56 Å². The minimum Gasteiger partial charge on any atom is -0.458 e. The van der Waals surface area contributed by atoms with E-state index in [1.807, 2.05) is 6.07 Å². The van der Waals surface area contributed by atoms with E-state index in [1.165, 1.54) is 6.92 Å². The number of esters is 2. The number of nitrogens with one attached hydrogen (secondary N) is 1. The van der Waals surface area contributed by atoms with Crippen LogP contribution >= 0.6 is 0 Å². The average Bonchev–Trinajstić information content (AvgIpc) is 2.75. The molecular weight excluding hydrogens is 362 g/mol. The van der Waals surface area contributed by atoms with Crippen LogP contribution in [0.1, 0.15) is 50.9 Å². The van der Waals surface area contributed by atoms with Crippen LogP contribution in [-0.4, -0.2) is 41.9 Å². The SMILES string of the molecule is CC(=O)O[C@@H]1C=C[C@H](OC(=O)c2ccccc2)C[C@H](NC(=O)OC(C)(C)C)C1.